The Labute approximate surface area is 357 Å². The molecule has 14 heteroatoms. The highest BCUT2D eigenvalue weighted by Crippen LogP contribution is 2.47. The second-order valence-corrected chi connectivity index (χ2v) is 18.6. The number of aliphatic hydroxyl groups excluding tert-OH is 7. The van der Waals surface area contributed by atoms with Gasteiger partial charge in [-0.3, -0.25) is 13.8 Å². The highest BCUT2D eigenvalue weighted by atomic mass is 31.2. The van der Waals surface area contributed by atoms with E-state index in [9.17, 15) is 50.0 Å². The summed E-state index contributed by atoms with van der Waals surface area (Å²) in [5.41, 5.74) is 0. The number of phosphoric ester groups is 1. The SMILES string of the molecule is CCCC/C=C\CCCCC(O)CC(=O)NC(COP(=O)(O)OC1C(O)C(O)C(O)C(O)C1O)C(O)CCCCCCCCCCCCCCCCCCCCCCC. The summed E-state index contributed by atoms with van der Waals surface area (Å²) in [6.45, 7) is 3.72. The second kappa shape index (κ2) is 35.5. The maximum atomic E-state index is 12.9. The lowest BCUT2D eigenvalue weighted by molar-refractivity contribution is -0.220. The van der Waals surface area contributed by atoms with E-state index in [1.165, 1.54) is 103 Å². The fourth-order valence-electron chi connectivity index (χ4n) is 7.70. The molecule has 0 heterocycles. The van der Waals surface area contributed by atoms with E-state index in [2.05, 4.69) is 31.3 Å². The van der Waals surface area contributed by atoms with Crippen molar-refractivity contribution in [1.29, 1.82) is 0 Å². The van der Waals surface area contributed by atoms with Crippen molar-refractivity contribution in [3.63, 3.8) is 0 Å². The van der Waals surface area contributed by atoms with Gasteiger partial charge in [-0.05, 0) is 32.1 Å². The Morgan fingerprint density at radius 2 is 0.966 bits per heavy atom. The van der Waals surface area contributed by atoms with E-state index in [1.807, 2.05) is 0 Å². The van der Waals surface area contributed by atoms with Crippen LogP contribution in [0.15, 0.2) is 12.2 Å². The first-order chi connectivity index (χ1) is 28.3. The van der Waals surface area contributed by atoms with Crippen LogP contribution in [-0.4, -0.2) is 108 Å². The third kappa shape index (κ3) is 27.7. The summed E-state index contributed by atoms with van der Waals surface area (Å²) in [7, 11) is -5.11. The minimum Gasteiger partial charge on any atom is -0.393 e. The normalized spacial score (nSPS) is 23.6. The predicted octanol–water partition coefficient (Wildman–Crippen LogP) is 7.81. The molecule has 1 saturated carbocycles. The van der Waals surface area contributed by atoms with Crippen molar-refractivity contribution < 1.29 is 59.0 Å². The van der Waals surface area contributed by atoms with Gasteiger partial charge in [0.05, 0.1) is 31.3 Å². The molecule has 0 bridgehead atoms. The number of phosphoric acid groups is 1. The molecule has 0 aliphatic heterocycles. The zero-order valence-electron chi connectivity index (χ0n) is 36.9. The standard InChI is InChI=1S/C45H88NO12P/c1-3-5-7-9-11-13-14-15-16-17-18-19-20-21-22-23-24-25-27-29-31-33-38(48)37(46-39(49)34-36(47)32-30-28-26-12-10-8-6-4-2)35-57-59(55,56)58-45-43(53)41(51)40(50)42(52)44(45)54/h10,12,36-38,40-45,47-48,50-54H,3-9,11,13-35H2,1-2H3,(H,46,49)(H,55,56)/b12-10-. The molecule has 0 radical (unpaired) electrons. The third-order valence-corrected chi connectivity index (χ3v) is 12.6. The molecule has 0 aromatic heterocycles. The van der Waals surface area contributed by atoms with Gasteiger partial charge >= 0.3 is 7.82 Å². The minimum absolute atomic E-state index is 0.235. The number of carbonyl (C=O) groups is 1. The van der Waals surface area contributed by atoms with Crippen LogP contribution in [-0.2, 0) is 18.4 Å². The van der Waals surface area contributed by atoms with Crippen molar-refractivity contribution in [1.82, 2.24) is 5.32 Å². The quantitative estimate of drug-likeness (QED) is 0.0164. The molecule has 59 heavy (non-hydrogen) atoms. The molecule has 8 atom stereocenters. The molecule has 1 rings (SSSR count). The highest BCUT2D eigenvalue weighted by Gasteiger charge is 2.51. The van der Waals surface area contributed by atoms with Crippen LogP contribution in [0.1, 0.15) is 206 Å². The van der Waals surface area contributed by atoms with E-state index in [-0.39, 0.29) is 12.8 Å². The monoisotopic (exact) mass is 866 g/mol. The number of unbranched alkanes of at least 4 members (excludes halogenated alkanes) is 24. The topological polar surface area (TPSA) is 226 Å². The van der Waals surface area contributed by atoms with E-state index in [0.717, 1.165) is 64.2 Å². The molecule has 350 valence electrons. The maximum absolute atomic E-state index is 12.9. The molecule has 0 spiro atoms. The molecule has 13 nitrogen and oxygen atoms in total. The molecule has 1 fully saturated rings. The van der Waals surface area contributed by atoms with Gasteiger partial charge in [-0.1, -0.05) is 180 Å². The first-order valence-electron chi connectivity index (χ1n) is 23.7. The average molecular weight is 866 g/mol. The fraction of sp³-hybridized carbons (Fsp3) is 0.933. The number of hydrogen-bond acceptors (Lipinski definition) is 11. The zero-order chi connectivity index (χ0) is 43.7. The number of rotatable bonds is 39. The number of hydrogen-bond donors (Lipinski definition) is 9. The molecule has 1 aliphatic carbocycles. The van der Waals surface area contributed by atoms with Crippen molar-refractivity contribution in [3.8, 4) is 0 Å². The van der Waals surface area contributed by atoms with Gasteiger partial charge in [0, 0.05) is 0 Å². The largest absolute Gasteiger partial charge is 0.472 e. The maximum Gasteiger partial charge on any atom is 0.472 e. The third-order valence-electron chi connectivity index (χ3n) is 11.6. The molecule has 0 aromatic rings. The van der Waals surface area contributed by atoms with Gasteiger partial charge in [0.1, 0.15) is 36.6 Å². The Morgan fingerprint density at radius 3 is 1.42 bits per heavy atom. The summed E-state index contributed by atoms with van der Waals surface area (Å²) in [6, 6.07) is -1.16. The smallest absolute Gasteiger partial charge is 0.393 e. The lowest BCUT2D eigenvalue weighted by Gasteiger charge is -2.41. The number of aliphatic hydroxyl groups is 7. The van der Waals surface area contributed by atoms with Crippen molar-refractivity contribution in [2.75, 3.05) is 6.61 Å². The van der Waals surface area contributed by atoms with E-state index in [4.69, 9.17) is 9.05 Å². The Kier molecular flexibility index (Phi) is 33.7. The molecule has 9 N–H and O–H groups in total. The zero-order valence-corrected chi connectivity index (χ0v) is 37.8. The summed E-state index contributed by atoms with van der Waals surface area (Å²) in [5, 5.41) is 74.4. The Hall–Kier alpha value is -0.960. The van der Waals surface area contributed by atoms with Crippen molar-refractivity contribution in [3.05, 3.63) is 12.2 Å². The summed E-state index contributed by atoms with van der Waals surface area (Å²) >= 11 is 0. The van der Waals surface area contributed by atoms with Gasteiger partial charge in [0.25, 0.3) is 0 Å². The van der Waals surface area contributed by atoms with Crippen LogP contribution in [0.4, 0.5) is 0 Å². The van der Waals surface area contributed by atoms with Gasteiger partial charge < -0.3 is 46.0 Å². The average Bonchev–Trinajstić information content (AvgIpc) is 3.21. The van der Waals surface area contributed by atoms with Gasteiger partial charge in [-0.15, -0.1) is 0 Å². The summed E-state index contributed by atoms with van der Waals surface area (Å²) in [5.74, 6) is -0.574. The molecule has 0 aromatic carbocycles. The molecule has 0 saturated heterocycles. The van der Waals surface area contributed by atoms with Gasteiger partial charge in [0.15, 0.2) is 0 Å². The van der Waals surface area contributed by atoms with Crippen LogP contribution in [0.2, 0.25) is 0 Å². The molecule has 1 aliphatic rings. The molecular formula is C45H88NO12P. The van der Waals surface area contributed by atoms with Gasteiger partial charge in [0.2, 0.25) is 5.91 Å². The predicted molar refractivity (Wildman–Crippen MR) is 234 cm³/mol. The second-order valence-electron chi connectivity index (χ2n) is 17.1. The van der Waals surface area contributed by atoms with E-state index in [0.29, 0.717) is 12.8 Å². The molecule has 1 amide bonds. The number of amides is 1. The number of carbonyl (C=O) groups excluding carboxylic acids is 1. The van der Waals surface area contributed by atoms with Crippen LogP contribution in [0, 0.1) is 0 Å². The van der Waals surface area contributed by atoms with Gasteiger partial charge in [-0.25, -0.2) is 4.57 Å². The van der Waals surface area contributed by atoms with E-state index < -0.39 is 75.2 Å². The number of allylic oxidation sites excluding steroid dienone is 2. The highest BCUT2D eigenvalue weighted by molar-refractivity contribution is 7.47. The summed E-state index contributed by atoms with van der Waals surface area (Å²) in [6.07, 6.45) is 22.9. The van der Waals surface area contributed by atoms with E-state index >= 15 is 0 Å². The Balaban J connectivity index is 2.45. The van der Waals surface area contributed by atoms with E-state index in [1.54, 1.807) is 0 Å². The van der Waals surface area contributed by atoms with Crippen LogP contribution >= 0.6 is 7.82 Å². The first kappa shape index (κ1) is 56.1. The van der Waals surface area contributed by atoms with Crippen LogP contribution in [0.5, 0.6) is 0 Å². The first-order valence-corrected chi connectivity index (χ1v) is 25.2. The Bertz CT molecular complexity index is 1070. The molecule has 8 unspecified atom stereocenters. The van der Waals surface area contributed by atoms with Crippen molar-refractivity contribution >= 4 is 13.7 Å². The van der Waals surface area contributed by atoms with Crippen LogP contribution in [0.3, 0.4) is 0 Å². The minimum atomic E-state index is -5.11. The number of nitrogens with one attached hydrogen (secondary N) is 1. The fourth-order valence-corrected chi connectivity index (χ4v) is 8.66. The lowest BCUT2D eigenvalue weighted by atomic mass is 9.85. The van der Waals surface area contributed by atoms with Crippen molar-refractivity contribution in [2.45, 2.75) is 261 Å². The molecular weight excluding hydrogens is 777 g/mol. The summed E-state index contributed by atoms with van der Waals surface area (Å²) in [4.78, 5) is 23.4. The summed E-state index contributed by atoms with van der Waals surface area (Å²) < 4.78 is 22.9. The lowest BCUT2D eigenvalue weighted by Crippen LogP contribution is -2.64. The van der Waals surface area contributed by atoms with Crippen LogP contribution in [0.25, 0.3) is 0 Å². The van der Waals surface area contributed by atoms with Crippen LogP contribution < -0.4 is 5.32 Å². The van der Waals surface area contributed by atoms with Gasteiger partial charge in [-0.2, -0.15) is 0 Å². The Morgan fingerprint density at radius 1 is 0.576 bits per heavy atom. The van der Waals surface area contributed by atoms with Crippen molar-refractivity contribution in [2.24, 2.45) is 0 Å².